The minimum Gasteiger partial charge on any atom is -0.394 e. The number of carbonyl (C=O) groups excluding carboxylic acids is 1. The van der Waals surface area contributed by atoms with Crippen molar-refractivity contribution in [3.05, 3.63) is 35.4 Å². The van der Waals surface area contributed by atoms with Crippen LogP contribution in [0.25, 0.3) is 0 Å². The average molecular weight is 304 g/mol. The smallest absolute Gasteiger partial charge is 0.242 e. The molecule has 2 N–H and O–H groups in total. The molecule has 0 heterocycles. The van der Waals surface area contributed by atoms with E-state index in [1.165, 1.54) is 12.0 Å². The Morgan fingerprint density at radius 3 is 2.32 bits per heavy atom. The SMILES string of the molecule is Cc1ccc([C@@H](C(=O)NC2(CO)CCCCC2)N(C)C)cc1. The first-order valence-corrected chi connectivity index (χ1v) is 8.13. The Morgan fingerprint density at radius 1 is 1.23 bits per heavy atom. The molecule has 22 heavy (non-hydrogen) atoms. The maximum atomic E-state index is 12.8. The van der Waals surface area contributed by atoms with Crippen molar-refractivity contribution < 1.29 is 9.90 Å². The van der Waals surface area contributed by atoms with Crippen molar-refractivity contribution in [2.75, 3.05) is 20.7 Å². The summed E-state index contributed by atoms with van der Waals surface area (Å²) in [6.45, 7) is 2.06. The fourth-order valence-corrected chi connectivity index (χ4v) is 3.31. The van der Waals surface area contributed by atoms with Gasteiger partial charge in [0.05, 0.1) is 12.1 Å². The van der Waals surface area contributed by atoms with E-state index in [-0.39, 0.29) is 18.6 Å². The Bertz CT molecular complexity index is 490. The van der Waals surface area contributed by atoms with E-state index in [1.807, 2.05) is 50.2 Å². The first kappa shape index (κ1) is 17.0. The zero-order valence-corrected chi connectivity index (χ0v) is 13.9. The number of hydrogen-bond donors (Lipinski definition) is 2. The minimum atomic E-state index is -0.436. The molecule has 4 heteroatoms. The molecule has 0 saturated heterocycles. The van der Waals surface area contributed by atoms with Crippen LogP contribution in [0.4, 0.5) is 0 Å². The second-order valence-electron chi connectivity index (χ2n) is 6.77. The third-order valence-electron chi connectivity index (χ3n) is 4.66. The third-order valence-corrected chi connectivity index (χ3v) is 4.66. The van der Waals surface area contributed by atoms with Gasteiger partial charge >= 0.3 is 0 Å². The van der Waals surface area contributed by atoms with Crippen molar-refractivity contribution in [3.63, 3.8) is 0 Å². The van der Waals surface area contributed by atoms with E-state index < -0.39 is 5.54 Å². The summed E-state index contributed by atoms with van der Waals surface area (Å²) >= 11 is 0. The summed E-state index contributed by atoms with van der Waals surface area (Å²) in [5.74, 6) is -0.0233. The van der Waals surface area contributed by atoms with E-state index in [9.17, 15) is 9.90 Å². The van der Waals surface area contributed by atoms with Crippen molar-refractivity contribution in [1.82, 2.24) is 10.2 Å². The Labute approximate surface area is 133 Å². The molecule has 0 bridgehead atoms. The normalized spacial score (nSPS) is 19.0. The van der Waals surface area contributed by atoms with Gasteiger partial charge in [-0.25, -0.2) is 0 Å². The van der Waals surface area contributed by atoms with Crippen molar-refractivity contribution >= 4 is 5.91 Å². The van der Waals surface area contributed by atoms with E-state index >= 15 is 0 Å². The number of carbonyl (C=O) groups is 1. The Balaban J connectivity index is 2.17. The third kappa shape index (κ3) is 3.87. The predicted molar refractivity (Wildman–Crippen MR) is 88.7 cm³/mol. The van der Waals surface area contributed by atoms with Crippen molar-refractivity contribution in [3.8, 4) is 0 Å². The van der Waals surface area contributed by atoms with E-state index in [0.29, 0.717) is 0 Å². The predicted octanol–water partition coefficient (Wildman–Crippen LogP) is 2.41. The molecule has 1 aliphatic carbocycles. The largest absolute Gasteiger partial charge is 0.394 e. The molecule has 1 aromatic carbocycles. The van der Waals surface area contributed by atoms with E-state index in [4.69, 9.17) is 0 Å². The van der Waals surface area contributed by atoms with Crippen molar-refractivity contribution in [1.29, 1.82) is 0 Å². The number of aliphatic hydroxyl groups is 1. The fourth-order valence-electron chi connectivity index (χ4n) is 3.31. The Morgan fingerprint density at radius 2 is 1.82 bits per heavy atom. The van der Waals surface area contributed by atoms with Crippen LogP contribution in [0.3, 0.4) is 0 Å². The molecule has 1 aromatic rings. The molecular weight excluding hydrogens is 276 g/mol. The molecule has 1 aliphatic rings. The number of amides is 1. The number of likely N-dealkylation sites (N-methyl/N-ethyl adjacent to an activating group) is 1. The first-order valence-electron chi connectivity index (χ1n) is 8.13. The number of nitrogens with one attached hydrogen (secondary N) is 1. The Hall–Kier alpha value is -1.39. The summed E-state index contributed by atoms with van der Waals surface area (Å²) in [6.07, 6.45) is 5.05. The van der Waals surface area contributed by atoms with Gasteiger partial charge in [-0.05, 0) is 39.4 Å². The molecule has 0 aromatic heterocycles. The molecule has 0 aliphatic heterocycles. The highest BCUT2D eigenvalue weighted by molar-refractivity contribution is 5.84. The lowest BCUT2D eigenvalue weighted by Crippen LogP contribution is -2.55. The standard InChI is InChI=1S/C18H28N2O2/c1-14-7-9-15(10-8-14)16(20(2)3)17(22)19-18(13-21)11-5-4-6-12-18/h7-10,16,21H,4-6,11-13H2,1-3H3,(H,19,22)/t16-/m0/s1. The van der Waals surface area contributed by atoms with Gasteiger partial charge < -0.3 is 10.4 Å². The number of aliphatic hydroxyl groups excluding tert-OH is 1. The number of rotatable bonds is 5. The molecular formula is C18H28N2O2. The molecule has 0 radical (unpaired) electrons. The minimum absolute atomic E-state index is 0.0206. The number of nitrogens with zero attached hydrogens (tertiary/aromatic N) is 1. The van der Waals surface area contributed by atoms with E-state index in [0.717, 1.165) is 31.2 Å². The summed E-state index contributed by atoms with van der Waals surface area (Å²) in [4.78, 5) is 14.8. The first-order chi connectivity index (χ1) is 10.5. The molecule has 4 nitrogen and oxygen atoms in total. The average Bonchev–Trinajstić information content (AvgIpc) is 2.50. The van der Waals surface area contributed by atoms with Gasteiger partial charge in [-0.3, -0.25) is 9.69 Å². The number of aryl methyl sites for hydroxylation is 1. The van der Waals surface area contributed by atoms with Gasteiger partial charge in [0.2, 0.25) is 5.91 Å². The summed E-state index contributed by atoms with van der Waals surface area (Å²) < 4.78 is 0. The summed E-state index contributed by atoms with van der Waals surface area (Å²) in [5.41, 5.74) is 1.73. The summed E-state index contributed by atoms with van der Waals surface area (Å²) in [7, 11) is 3.83. The lowest BCUT2D eigenvalue weighted by atomic mass is 9.82. The molecule has 122 valence electrons. The van der Waals surface area contributed by atoms with Crippen LogP contribution >= 0.6 is 0 Å². The molecule has 0 spiro atoms. The molecule has 2 rings (SSSR count). The number of benzene rings is 1. The highest BCUT2D eigenvalue weighted by atomic mass is 16.3. The monoisotopic (exact) mass is 304 g/mol. The quantitative estimate of drug-likeness (QED) is 0.878. The second kappa shape index (κ2) is 7.25. The number of hydrogen-bond acceptors (Lipinski definition) is 3. The van der Waals surface area contributed by atoms with Crippen LogP contribution < -0.4 is 5.32 Å². The molecule has 1 fully saturated rings. The van der Waals surface area contributed by atoms with Crippen LogP contribution in [0.15, 0.2) is 24.3 Å². The van der Waals surface area contributed by atoms with Crippen molar-refractivity contribution in [2.24, 2.45) is 0 Å². The maximum absolute atomic E-state index is 12.8. The summed E-state index contributed by atoms with van der Waals surface area (Å²) in [6, 6.07) is 7.74. The maximum Gasteiger partial charge on any atom is 0.242 e. The van der Waals surface area contributed by atoms with Gasteiger partial charge in [0.15, 0.2) is 0 Å². The summed E-state index contributed by atoms with van der Waals surface area (Å²) in [5, 5.41) is 12.9. The van der Waals surface area contributed by atoms with E-state index in [1.54, 1.807) is 0 Å². The van der Waals surface area contributed by atoms with Crippen LogP contribution in [0.1, 0.15) is 49.3 Å². The van der Waals surface area contributed by atoms with Crippen LogP contribution in [0.5, 0.6) is 0 Å². The van der Waals surface area contributed by atoms with Gasteiger partial charge in [0, 0.05) is 0 Å². The molecule has 0 unspecified atom stereocenters. The topological polar surface area (TPSA) is 52.6 Å². The van der Waals surface area contributed by atoms with Gasteiger partial charge in [0.1, 0.15) is 6.04 Å². The zero-order valence-electron chi connectivity index (χ0n) is 13.9. The lowest BCUT2D eigenvalue weighted by Gasteiger charge is -2.38. The molecule has 1 amide bonds. The fraction of sp³-hybridized carbons (Fsp3) is 0.611. The van der Waals surface area contributed by atoms with Gasteiger partial charge in [0.25, 0.3) is 0 Å². The highest BCUT2D eigenvalue weighted by Gasteiger charge is 2.35. The van der Waals surface area contributed by atoms with Crippen molar-refractivity contribution in [2.45, 2.75) is 50.6 Å². The van der Waals surface area contributed by atoms with Gasteiger partial charge in [-0.15, -0.1) is 0 Å². The molecule has 1 atom stereocenters. The zero-order chi connectivity index (χ0) is 16.2. The second-order valence-corrected chi connectivity index (χ2v) is 6.77. The van der Waals surface area contributed by atoms with Crippen LogP contribution in [-0.2, 0) is 4.79 Å². The van der Waals surface area contributed by atoms with E-state index in [2.05, 4.69) is 5.32 Å². The Kier molecular flexibility index (Phi) is 5.59. The van der Waals surface area contributed by atoms with Crippen LogP contribution in [0.2, 0.25) is 0 Å². The lowest BCUT2D eigenvalue weighted by molar-refractivity contribution is -0.129. The highest BCUT2D eigenvalue weighted by Crippen LogP contribution is 2.29. The molecule has 1 saturated carbocycles. The van der Waals surface area contributed by atoms with Gasteiger partial charge in [-0.2, -0.15) is 0 Å². The van der Waals surface area contributed by atoms with Crippen LogP contribution in [-0.4, -0.2) is 42.2 Å². The van der Waals surface area contributed by atoms with Crippen LogP contribution in [0, 0.1) is 6.92 Å². The van der Waals surface area contributed by atoms with Gasteiger partial charge in [-0.1, -0.05) is 49.1 Å².